The molecule has 1 aromatic rings. The molecular weight excluding hydrogens is 181 g/mol. The zero-order valence-corrected chi connectivity index (χ0v) is 8.23. The van der Waals surface area contributed by atoms with Crippen molar-refractivity contribution in [3.63, 3.8) is 0 Å². The molecule has 74 valence electrons. The van der Waals surface area contributed by atoms with Gasteiger partial charge in [-0.1, -0.05) is 11.8 Å². The third-order valence-electron chi connectivity index (χ3n) is 1.66. The molecule has 0 radical (unpaired) electrons. The molecule has 1 rings (SSSR count). The molecular formula is C11H12FNO. The molecule has 0 bridgehead atoms. The maximum atomic E-state index is 13.2. The quantitative estimate of drug-likeness (QED) is 0.717. The van der Waals surface area contributed by atoms with Crippen molar-refractivity contribution in [2.45, 2.75) is 0 Å². The first kappa shape index (κ1) is 10.6. The zero-order chi connectivity index (χ0) is 10.4. The van der Waals surface area contributed by atoms with E-state index in [4.69, 9.17) is 4.74 Å². The predicted molar refractivity (Wildman–Crippen MR) is 53.8 cm³/mol. The van der Waals surface area contributed by atoms with Crippen LogP contribution in [-0.4, -0.2) is 20.7 Å². The van der Waals surface area contributed by atoms with Gasteiger partial charge in [0.25, 0.3) is 0 Å². The minimum atomic E-state index is -0.325. The van der Waals surface area contributed by atoms with Crippen molar-refractivity contribution in [2.24, 2.45) is 0 Å². The van der Waals surface area contributed by atoms with Crippen LogP contribution in [0.25, 0.3) is 0 Å². The van der Waals surface area contributed by atoms with Gasteiger partial charge in [0.05, 0.1) is 19.2 Å². The number of methoxy groups -OCH3 is 1. The Morgan fingerprint density at radius 1 is 1.50 bits per heavy atom. The SMILES string of the molecule is CNCC#Cc1cc(OC)ccc1F. The second kappa shape index (κ2) is 5.25. The third-order valence-corrected chi connectivity index (χ3v) is 1.66. The first-order valence-electron chi connectivity index (χ1n) is 4.25. The third kappa shape index (κ3) is 2.75. The molecule has 0 aliphatic rings. The summed E-state index contributed by atoms with van der Waals surface area (Å²) in [5, 5.41) is 2.86. The molecule has 0 aliphatic carbocycles. The number of ether oxygens (including phenoxy) is 1. The van der Waals surface area contributed by atoms with Crippen LogP contribution in [0.4, 0.5) is 4.39 Å². The molecule has 2 nitrogen and oxygen atoms in total. The lowest BCUT2D eigenvalue weighted by Crippen LogP contribution is -2.04. The molecule has 0 saturated carbocycles. The summed E-state index contributed by atoms with van der Waals surface area (Å²) >= 11 is 0. The van der Waals surface area contributed by atoms with Gasteiger partial charge in [-0.3, -0.25) is 0 Å². The summed E-state index contributed by atoms with van der Waals surface area (Å²) in [6.07, 6.45) is 0. The van der Waals surface area contributed by atoms with E-state index in [1.54, 1.807) is 19.2 Å². The molecule has 0 aromatic heterocycles. The summed E-state index contributed by atoms with van der Waals surface area (Å²) in [4.78, 5) is 0. The zero-order valence-electron chi connectivity index (χ0n) is 8.23. The average molecular weight is 193 g/mol. The maximum absolute atomic E-state index is 13.2. The van der Waals surface area contributed by atoms with Crippen LogP contribution in [0.1, 0.15) is 5.56 Å². The fraction of sp³-hybridized carbons (Fsp3) is 0.273. The highest BCUT2D eigenvalue weighted by Gasteiger charge is 2.00. The van der Waals surface area contributed by atoms with E-state index < -0.39 is 0 Å². The van der Waals surface area contributed by atoms with Crippen LogP contribution < -0.4 is 10.1 Å². The standard InChI is InChI=1S/C11H12FNO/c1-13-7-3-4-9-8-10(14-2)5-6-11(9)12/h5-6,8,13H,7H2,1-2H3. The second-order valence-corrected chi connectivity index (χ2v) is 2.68. The lowest BCUT2D eigenvalue weighted by atomic mass is 10.2. The second-order valence-electron chi connectivity index (χ2n) is 2.68. The Morgan fingerprint density at radius 3 is 2.93 bits per heavy atom. The molecule has 0 atom stereocenters. The van der Waals surface area contributed by atoms with Crippen LogP contribution in [0.2, 0.25) is 0 Å². The van der Waals surface area contributed by atoms with Crippen molar-refractivity contribution < 1.29 is 9.13 Å². The largest absolute Gasteiger partial charge is 0.497 e. The molecule has 0 unspecified atom stereocenters. The Morgan fingerprint density at radius 2 is 2.29 bits per heavy atom. The van der Waals surface area contributed by atoms with E-state index in [2.05, 4.69) is 17.2 Å². The Hall–Kier alpha value is -1.53. The van der Waals surface area contributed by atoms with Crippen molar-refractivity contribution in [1.29, 1.82) is 0 Å². The lowest BCUT2D eigenvalue weighted by Gasteiger charge is -2.00. The van der Waals surface area contributed by atoms with Crippen molar-refractivity contribution >= 4 is 0 Å². The van der Waals surface area contributed by atoms with Gasteiger partial charge in [0.15, 0.2) is 0 Å². The summed E-state index contributed by atoms with van der Waals surface area (Å²) in [5.41, 5.74) is 0.361. The number of nitrogens with one attached hydrogen (secondary N) is 1. The first-order valence-corrected chi connectivity index (χ1v) is 4.25. The molecule has 1 aromatic carbocycles. The van der Waals surface area contributed by atoms with Gasteiger partial charge in [-0.05, 0) is 25.2 Å². The topological polar surface area (TPSA) is 21.3 Å². The number of hydrogen-bond acceptors (Lipinski definition) is 2. The molecule has 0 saturated heterocycles. The summed E-state index contributed by atoms with van der Waals surface area (Å²) in [6.45, 7) is 0.538. The fourth-order valence-corrected chi connectivity index (χ4v) is 0.955. The van der Waals surface area contributed by atoms with Gasteiger partial charge in [-0.2, -0.15) is 0 Å². The Kier molecular flexibility index (Phi) is 3.96. The molecule has 0 heterocycles. The van der Waals surface area contributed by atoms with Crippen LogP contribution >= 0.6 is 0 Å². The van der Waals surface area contributed by atoms with E-state index in [-0.39, 0.29) is 5.82 Å². The molecule has 1 N–H and O–H groups in total. The van der Waals surface area contributed by atoms with Gasteiger partial charge in [-0.25, -0.2) is 4.39 Å². The van der Waals surface area contributed by atoms with Gasteiger partial charge >= 0.3 is 0 Å². The lowest BCUT2D eigenvalue weighted by molar-refractivity contribution is 0.413. The van der Waals surface area contributed by atoms with E-state index in [0.29, 0.717) is 17.9 Å². The molecule has 3 heteroatoms. The fourth-order valence-electron chi connectivity index (χ4n) is 0.955. The highest BCUT2D eigenvalue weighted by Crippen LogP contribution is 2.15. The van der Waals surface area contributed by atoms with Crippen LogP contribution in [0, 0.1) is 17.7 Å². The van der Waals surface area contributed by atoms with Crippen molar-refractivity contribution in [3.05, 3.63) is 29.6 Å². The van der Waals surface area contributed by atoms with Gasteiger partial charge in [-0.15, -0.1) is 0 Å². The molecule has 0 fully saturated rings. The Bertz CT molecular complexity index is 365. The van der Waals surface area contributed by atoms with Gasteiger partial charge in [0.2, 0.25) is 0 Å². The van der Waals surface area contributed by atoms with Gasteiger partial charge in [0, 0.05) is 0 Å². The van der Waals surface area contributed by atoms with E-state index in [1.807, 2.05) is 0 Å². The normalized spacial score (nSPS) is 9.07. The van der Waals surface area contributed by atoms with Gasteiger partial charge in [0.1, 0.15) is 11.6 Å². The van der Waals surface area contributed by atoms with Crippen molar-refractivity contribution in [2.75, 3.05) is 20.7 Å². The van der Waals surface area contributed by atoms with Crippen molar-refractivity contribution in [1.82, 2.24) is 5.32 Å². The average Bonchev–Trinajstić information content (AvgIpc) is 2.21. The predicted octanol–water partition coefficient (Wildman–Crippen LogP) is 1.41. The molecule has 0 amide bonds. The maximum Gasteiger partial charge on any atom is 0.139 e. The van der Waals surface area contributed by atoms with Crippen LogP contribution in [-0.2, 0) is 0 Å². The van der Waals surface area contributed by atoms with Crippen molar-refractivity contribution in [3.8, 4) is 17.6 Å². The minimum Gasteiger partial charge on any atom is -0.497 e. The van der Waals surface area contributed by atoms with Crippen LogP contribution in [0.5, 0.6) is 5.75 Å². The highest BCUT2D eigenvalue weighted by molar-refractivity contribution is 5.41. The minimum absolute atomic E-state index is 0.325. The highest BCUT2D eigenvalue weighted by atomic mass is 19.1. The van der Waals surface area contributed by atoms with Crippen LogP contribution in [0.15, 0.2) is 18.2 Å². The van der Waals surface area contributed by atoms with E-state index in [1.165, 1.54) is 13.2 Å². The summed E-state index contributed by atoms with van der Waals surface area (Å²) < 4.78 is 18.1. The smallest absolute Gasteiger partial charge is 0.139 e. The first-order chi connectivity index (χ1) is 6.77. The van der Waals surface area contributed by atoms with Gasteiger partial charge < -0.3 is 10.1 Å². The Balaban J connectivity index is 2.91. The van der Waals surface area contributed by atoms with E-state index in [9.17, 15) is 4.39 Å². The molecule has 0 spiro atoms. The van der Waals surface area contributed by atoms with E-state index in [0.717, 1.165) is 0 Å². The number of halogens is 1. The summed E-state index contributed by atoms with van der Waals surface area (Å²) in [7, 11) is 3.33. The molecule has 0 aliphatic heterocycles. The number of benzene rings is 1. The number of hydrogen-bond donors (Lipinski definition) is 1. The monoisotopic (exact) mass is 193 g/mol. The molecule has 14 heavy (non-hydrogen) atoms. The summed E-state index contributed by atoms with van der Waals surface area (Å²) in [6, 6.07) is 4.50. The Labute approximate surface area is 83.1 Å². The van der Waals surface area contributed by atoms with E-state index >= 15 is 0 Å². The summed E-state index contributed by atoms with van der Waals surface area (Å²) in [5.74, 6) is 5.79. The van der Waals surface area contributed by atoms with Crippen LogP contribution in [0.3, 0.4) is 0 Å². The number of rotatable bonds is 2.